The number of hydrogen-bond donors (Lipinski definition) is 1. The number of nitrogens with zero attached hydrogens (tertiary/aromatic N) is 1. The summed E-state index contributed by atoms with van der Waals surface area (Å²) in [6, 6.07) is 15.9. The van der Waals surface area contributed by atoms with Gasteiger partial charge in [-0.3, -0.25) is 9.59 Å². The molecular formula is C25H31BrN2O5. The number of alkyl carbamates (subject to hydrolysis) is 1. The van der Waals surface area contributed by atoms with Gasteiger partial charge in [-0.25, -0.2) is 4.79 Å². The predicted octanol–water partition coefficient (Wildman–Crippen LogP) is 4.48. The summed E-state index contributed by atoms with van der Waals surface area (Å²) < 4.78 is 11.3. The topological polar surface area (TPSA) is 84.9 Å². The number of carbonyl (C=O) groups is 3. The summed E-state index contributed by atoms with van der Waals surface area (Å²) in [4.78, 5) is 39.8. The van der Waals surface area contributed by atoms with Gasteiger partial charge in [0.25, 0.3) is 0 Å². The Morgan fingerprint density at radius 1 is 1.03 bits per heavy atom. The van der Waals surface area contributed by atoms with E-state index in [4.69, 9.17) is 9.47 Å². The fraction of sp³-hybridized carbons (Fsp3) is 0.400. The number of hydrogen-bond acceptors (Lipinski definition) is 5. The maximum Gasteiger partial charge on any atom is 0.408 e. The van der Waals surface area contributed by atoms with Crippen LogP contribution in [0.4, 0.5) is 4.79 Å². The molecule has 0 aliphatic heterocycles. The zero-order chi connectivity index (χ0) is 24.4. The second kappa shape index (κ2) is 12.4. The predicted molar refractivity (Wildman–Crippen MR) is 129 cm³/mol. The number of ether oxygens (including phenoxy) is 2. The molecule has 2 rings (SSSR count). The smallest absolute Gasteiger partial charge is 0.408 e. The van der Waals surface area contributed by atoms with Crippen molar-refractivity contribution in [2.45, 2.75) is 52.3 Å². The van der Waals surface area contributed by atoms with Crippen LogP contribution in [0.15, 0.2) is 59.1 Å². The molecule has 0 heterocycles. The molecule has 0 unspecified atom stereocenters. The Bertz CT molecular complexity index is 943. The molecule has 2 aromatic rings. The van der Waals surface area contributed by atoms with E-state index in [9.17, 15) is 14.4 Å². The first-order valence-electron chi connectivity index (χ1n) is 10.8. The summed E-state index contributed by atoms with van der Waals surface area (Å²) in [5.41, 5.74) is 0.967. The van der Waals surface area contributed by atoms with Gasteiger partial charge >= 0.3 is 12.1 Å². The minimum absolute atomic E-state index is 0.195. The molecule has 0 aromatic heterocycles. The first-order valence-corrected chi connectivity index (χ1v) is 11.6. The van der Waals surface area contributed by atoms with Crippen molar-refractivity contribution in [3.63, 3.8) is 0 Å². The second-order valence-corrected chi connectivity index (χ2v) is 9.33. The Kier molecular flexibility index (Phi) is 9.91. The van der Waals surface area contributed by atoms with Gasteiger partial charge in [0.2, 0.25) is 5.91 Å². The molecule has 0 saturated heterocycles. The van der Waals surface area contributed by atoms with E-state index in [2.05, 4.69) is 21.2 Å². The van der Waals surface area contributed by atoms with E-state index in [0.29, 0.717) is 0 Å². The minimum Gasteiger partial charge on any atom is -0.465 e. The van der Waals surface area contributed by atoms with Crippen molar-refractivity contribution < 1.29 is 23.9 Å². The van der Waals surface area contributed by atoms with Crippen molar-refractivity contribution in [2.24, 2.45) is 0 Å². The molecule has 2 amide bonds. The quantitative estimate of drug-likeness (QED) is 0.494. The van der Waals surface area contributed by atoms with Crippen LogP contribution >= 0.6 is 15.9 Å². The summed E-state index contributed by atoms with van der Waals surface area (Å²) in [6.07, 6.45) is -0.489. The maximum absolute atomic E-state index is 13.6. The third kappa shape index (κ3) is 9.26. The van der Waals surface area contributed by atoms with Gasteiger partial charge in [0.15, 0.2) is 0 Å². The summed E-state index contributed by atoms with van der Waals surface area (Å²) in [5, 5.41) is 2.70. The molecule has 1 atom stereocenters. The Morgan fingerprint density at radius 3 is 2.27 bits per heavy atom. The van der Waals surface area contributed by atoms with Crippen LogP contribution in [0.2, 0.25) is 0 Å². The second-order valence-electron chi connectivity index (χ2n) is 8.48. The normalized spacial score (nSPS) is 11.9. The van der Waals surface area contributed by atoms with Crippen LogP contribution in [0.5, 0.6) is 0 Å². The molecular weight excluding hydrogens is 488 g/mol. The molecule has 33 heavy (non-hydrogen) atoms. The van der Waals surface area contributed by atoms with Crippen molar-refractivity contribution in [3.05, 3.63) is 70.2 Å². The first-order chi connectivity index (χ1) is 15.6. The molecule has 0 spiro atoms. The molecule has 0 saturated carbocycles. The Balaban J connectivity index is 2.33. The van der Waals surface area contributed by atoms with Crippen LogP contribution in [0.25, 0.3) is 0 Å². The van der Waals surface area contributed by atoms with Gasteiger partial charge in [-0.1, -0.05) is 64.5 Å². The summed E-state index contributed by atoms with van der Waals surface area (Å²) in [6.45, 7) is 7.13. The van der Waals surface area contributed by atoms with E-state index in [0.717, 1.165) is 15.6 Å². The van der Waals surface area contributed by atoms with Crippen molar-refractivity contribution in [1.29, 1.82) is 0 Å². The standard InChI is InChI=1S/C25H31BrN2O5/c1-5-32-22(29)17-28(16-18-11-7-6-8-12-18)23(30)21(27-24(31)33-25(2,3)4)15-19-13-9-10-14-20(19)26/h6-14,21H,5,15-17H2,1-4H3,(H,27,31)/t21-/m1/s1. The summed E-state index contributed by atoms with van der Waals surface area (Å²) >= 11 is 3.50. The highest BCUT2D eigenvalue weighted by molar-refractivity contribution is 9.10. The number of carbonyl (C=O) groups excluding carboxylic acids is 3. The van der Waals surface area contributed by atoms with Crippen LogP contribution < -0.4 is 5.32 Å². The van der Waals surface area contributed by atoms with Crippen LogP contribution in [-0.4, -0.2) is 47.7 Å². The number of amides is 2. The third-order valence-electron chi connectivity index (χ3n) is 4.52. The lowest BCUT2D eigenvalue weighted by Crippen LogP contribution is -2.51. The van der Waals surface area contributed by atoms with Crippen molar-refractivity contribution >= 4 is 33.9 Å². The molecule has 8 heteroatoms. The first kappa shape index (κ1) is 26.4. The molecule has 1 N–H and O–H groups in total. The largest absolute Gasteiger partial charge is 0.465 e. The van der Waals surface area contributed by atoms with E-state index in [1.165, 1.54) is 4.90 Å². The van der Waals surface area contributed by atoms with Crippen molar-refractivity contribution in [3.8, 4) is 0 Å². The highest BCUT2D eigenvalue weighted by Crippen LogP contribution is 2.19. The van der Waals surface area contributed by atoms with Crippen molar-refractivity contribution in [2.75, 3.05) is 13.2 Å². The zero-order valence-electron chi connectivity index (χ0n) is 19.5. The number of nitrogens with one attached hydrogen (secondary N) is 1. The van der Waals surface area contributed by atoms with Gasteiger partial charge < -0.3 is 19.7 Å². The number of esters is 1. The van der Waals surface area contributed by atoms with Gasteiger partial charge in [0, 0.05) is 17.4 Å². The number of benzene rings is 2. The molecule has 7 nitrogen and oxygen atoms in total. The average Bonchev–Trinajstić information content (AvgIpc) is 2.73. The van der Waals surface area contributed by atoms with Gasteiger partial charge in [0.05, 0.1) is 6.61 Å². The van der Waals surface area contributed by atoms with Gasteiger partial charge in [-0.15, -0.1) is 0 Å². The molecule has 0 radical (unpaired) electrons. The van der Waals surface area contributed by atoms with E-state index in [1.807, 2.05) is 54.6 Å². The van der Waals surface area contributed by atoms with Gasteiger partial charge in [0.1, 0.15) is 18.2 Å². The van der Waals surface area contributed by atoms with E-state index in [1.54, 1.807) is 27.7 Å². The van der Waals surface area contributed by atoms with Gasteiger partial charge in [-0.2, -0.15) is 0 Å². The summed E-state index contributed by atoms with van der Waals surface area (Å²) in [7, 11) is 0. The molecule has 2 aromatic carbocycles. The fourth-order valence-electron chi connectivity index (χ4n) is 3.13. The lowest BCUT2D eigenvalue weighted by molar-refractivity contribution is -0.150. The maximum atomic E-state index is 13.6. The molecule has 0 bridgehead atoms. The van der Waals surface area contributed by atoms with E-state index < -0.39 is 29.6 Å². The SMILES string of the molecule is CCOC(=O)CN(Cc1ccccc1)C(=O)[C@@H](Cc1ccccc1Br)NC(=O)OC(C)(C)C. The average molecular weight is 519 g/mol. The molecule has 0 aliphatic rings. The fourth-order valence-corrected chi connectivity index (χ4v) is 3.58. The Labute approximate surface area is 203 Å². The minimum atomic E-state index is -0.948. The highest BCUT2D eigenvalue weighted by Gasteiger charge is 2.30. The van der Waals surface area contributed by atoms with Crippen LogP contribution in [0.1, 0.15) is 38.8 Å². The van der Waals surface area contributed by atoms with Gasteiger partial charge in [-0.05, 0) is 44.9 Å². The number of halogens is 1. The number of rotatable bonds is 9. The van der Waals surface area contributed by atoms with Crippen molar-refractivity contribution in [1.82, 2.24) is 10.2 Å². The van der Waals surface area contributed by atoms with Crippen LogP contribution in [0, 0.1) is 0 Å². The third-order valence-corrected chi connectivity index (χ3v) is 5.30. The highest BCUT2D eigenvalue weighted by atomic mass is 79.9. The molecule has 0 aliphatic carbocycles. The van der Waals surface area contributed by atoms with E-state index in [-0.39, 0.29) is 26.1 Å². The monoisotopic (exact) mass is 518 g/mol. The zero-order valence-corrected chi connectivity index (χ0v) is 21.1. The Hall–Kier alpha value is -2.87. The van der Waals surface area contributed by atoms with Crippen LogP contribution in [-0.2, 0) is 32.0 Å². The molecule has 178 valence electrons. The lowest BCUT2D eigenvalue weighted by Gasteiger charge is -2.28. The lowest BCUT2D eigenvalue weighted by atomic mass is 10.0. The Morgan fingerprint density at radius 2 is 1.67 bits per heavy atom. The van der Waals surface area contributed by atoms with Crippen LogP contribution in [0.3, 0.4) is 0 Å². The van der Waals surface area contributed by atoms with E-state index >= 15 is 0 Å². The molecule has 0 fully saturated rings. The summed E-state index contributed by atoms with van der Waals surface area (Å²) in [5.74, 6) is -0.924.